The number of carbonyl (C=O) groups excluding carboxylic acids is 2. The third-order valence-electron chi connectivity index (χ3n) is 5.76. The summed E-state index contributed by atoms with van der Waals surface area (Å²) in [6, 6.07) is 15.4. The van der Waals surface area contributed by atoms with Crippen molar-refractivity contribution in [1.29, 1.82) is 0 Å². The SMILES string of the molecule is O=C(Nc1cccc(-c2cnc3n2CCC3)c1)C1CC(=O)N(c2cccc(Br)c2)C1. The minimum atomic E-state index is -0.376. The van der Waals surface area contributed by atoms with E-state index in [1.54, 1.807) is 4.90 Å². The van der Waals surface area contributed by atoms with Crippen molar-refractivity contribution in [3.63, 3.8) is 0 Å². The van der Waals surface area contributed by atoms with Crippen molar-refractivity contribution in [3.8, 4) is 11.3 Å². The second kappa shape index (κ2) is 7.72. The van der Waals surface area contributed by atoms with Crippen LogP contribution in [0.1, 0.15) is 18.7 Å². The summed E-state index contributed by atoms with van der Waals surface area (Å²) in [6.07, 6.45) is 4.26. The molecule has 2 aliphatic rings. The largest absolute Gasteiger partial charge is 0.328 e. The molecule has 1 saturated heterocycles. The molecule has 1 N–H and O–H groups in total. The zero-order valence-electron chi connectivity index (χ0n) is 16.3. The minimum absolute atomic E-state index is 0.0307. The molecule has 0 aliphatic carbocycles. The molecule has 30 heavy (non-hydrogen) atoms. The van der Waals surface area contributed by atoms with Crippen molar-refractivity contribution < 1.29 is 9.59 Å². The summed E-state index contributed by atoms with van der Waals surface area (Å²) in [7, 11) is 0. The summed E-state index contributed by atoms with van der Waals surface area (Å²) in [5, 5.41) is 3.00. The third-order valence-corrected chi connectivity index (χ3v) is 6.26. The van der Waals surface area contributed by atoms with Crippen LogP contribution in [0.3, 0.4) is 0 Å². The number of hydrogen-bond acceptors (Lipinski definition) is 3. The fourth-order valence-corrected chi connectivity index (χ4v) is 4.65. The minimum Gasteiger partial charge on any atom is -0.328 e. The predicted molar refractivity (Wildman–Crippen MR) is 119 cm³/mol. The number of amides is 2. The zero-order valence-corrected chi connectivity index (χ0v) is 17.9. The Labute approximate surface area is 183 Å². The highest BCUT2D eigenvalue weighted by atomic mass is 79.9. The molecular weight excluding hydrogens is 444 g/mol. The molecule has 0 spiro atoms. The van der Waals surface area contributed by atoms with Crippen molar-refractivity contribution >= 4 is 39.1 Å². The van der Waals surface area contributed by atoms with E-state index in [1.165, 1.54) is 0 Å². The Morgan fingerprint density at radius 3 is 2.90 bits per heavy atom. The fourth-order valence-electron chi connectivity index (χ4n) is 4.27. The number of imidazole rings is 1. The molecule has 0 saturated carbocycles. The first-order valence-corrected chi connectivity index (χ1v) is 10.9. The van der Waals surface area contributed by atoms with Crippen LogP contribution in [0.4, 0.5) is 11.4 Å². The molecule has 2 amide bonds. The van der Waals surface area contributed by atoms with E-state index in [1.807, 2.05) is 54.7 Å². The molecular formula is C23H21BrN4O2. The van der Waals surface area contributed by atoms with E-state index in [9.17, 15) is 9.59 Å². The number of nitrogens with one attached hydrogen (secondary N) is 1. The highest BCUT2D eigenvalue weighted by Gasteiger charge is 2.35. The van der Waals surface area contributed by atoms with Crippen LogP contribution < -0.4 is 10.2 Å². The van der Waals surface area contributed by atoms with Crippen LogP contribution in [-0.2, 0) is 22.6 Å². The Hall–Kier alpha value is -2.93. The molecule has 1 aromatic heterocycles. The number of aromatic nitrogens is 2. The summed E-state index contributed by atoms with van der Waals surface area (Å²) >= 11 is 3.44. The van der Waals surface area contributed by atoms with E-state index < -0.39 is 0 Å². The number of halogens is 1. The Kier molecular flexibility index (Phi) is 4.90. The van der Waals surface area contributed by atoms with Gasteiger partial charge in [0.15, 0.2) is 0 Å². The number of aryl methyl sites for hydroxylation is 1. The van der Waals surface area contributed by atoms with Gasteiger partial charge in [-0.3, -0.25) is 9.59 Å². The van der Waals surface area contributed by atoms with E-state index in [4.69, 9.17) is 0 Å². The molecule has 2 aliphatic heterocycles. The van der Waals surface area contributed by atoms with Crippen molar-refractivity contribution in [2.24, 2.45) is 5.92 Å². The van der Waals surface area contributed by atoms with Crippen LogP contribution in [0, 0.1) is 5.92 Å². The lowest BCUT2D eigenvalue weighted by Crippen LogP contribution is -2.28. The smallest absolute Gasteiger partial charge is 0.229 e. The maximum absolute atomic E-state index is 12.9. The number of fused-ring (bicyclic) bond motifs is 1. The van der Waals surface area contributed by atoms with Gasteiger partial charge in [-0.15, -0.1) is 0 Å². The lowest BCUT2D eigenvalue weighted by molar-refractivity contribution is -0.122. The van der Waals surface area contributed by atoms with Gasteiger partial charge in [0, 0.05) is 47.3 Å². The summed E-state index contributed by atoms with van der Waals surface area (Å²) in [5.41, 5.74) is 3.66. The fraction of sp³-hybridized carbons (Fsp3) is 0.261. The summed E-state index contributed by atoms with van der Waals surface area (Å²) in [4.78, 5) is 31.6. The number of nitrogens with zero attached hydrogens (tertiary/aromatic N) is 3. The first kappa shape index (κ1) is 19.1. The molecule has 0 bridgehead atoms. The maximum atomic E-state index is 12.9. The van der Waals surface area contributed by atoms with Crippen LogP contribution in [-0.4, -0.2) is 27.9 Å². The van der Waals surface area contributed by atoms with Gasteiger partial charge in [-0.05, 0) is 36.8 Å². The van der Waals surface area contributed by atoms with Crippen LogP contribution >= 0.6 is 15.9 Å². The molecule has 152 valence electrons. The standard InChI is InChI=1S/C23H21BrN4O2/c24-17-5-2-7-19(12-17)28-14-16(11-22(28)29)23(30)26-18-6-1-4-15(10-18)20-13-25-21-8-3-9-27(20)21/h1-2,4-7,10,12-13,16H,3,8-9,11,14H2,(H,26,30). The molecule has 3 aromatic rings. The van der Waals surface area contributed by atoms with E-state index in [-0.39, 0.29) is 24.2 Å². The summed E-state index contributed by atoms with van der Waals surface area (Å²) in [6.45, 7) is 1.37. The first-order chi connectivity index (χ1) is 14.6. The molecule has 0 radical (unpaired) electrons. The van der Waals surface area contributed by atoms with Gasteiger partial charge in [0.05, 0.1) is 17.8 Å². The van der Waals surface area contributed by atoms with E-state index in [2.05, 4.69) is 30.8 Å². The van der Waals surface area contributed by atoms with Gasteiger partial charge in [0.25, 0.3) is 0 Å². The molecule has 7 heteroatoms. The van der Waals surface area contributed by atoms with Crippen molar-refractivity contribution in [3.05, 3.63) is 65.0 Å². The highest BCUT2D eigenvalue weighted by Crippen LogP contribution is 2.30. The number of benzene rings is 2. The number of hydrogen-bond donors (Lipinski definition) is 1. The molecule has 1 fully saturated rings. The maximum Gasteiger partial charge on any atom is 0.229 e. The summed E-state index contributed by atoms with van der Waals surface area (Å²) < 4.78 is 3.15. The highest BCUT2D eigenvalue weighted by molar-refractivity contribution is 9.10. The van der Waals surface area contributed by atoms with Crippen LogP contribution in [0.25, 0.3) is 11.3 Å². The van der Waals surface area contributed by atoms with Crippen LogP contribution in [0.5, 0.6) is 0 Å². The van der Waals surface area contributed by atoms with E-state index >= 15 is 0 Å². The second-order valence-corrected chi connectivity index (χ2v) is 8.69. The topological polar surface area (TPSA) is 67.2 Å². The van der Waals surface area contributed by atoms with Gasteiger partial charge in [0.1, 0.15) is 5.82 Å². The molecule has 6 nitrogen and oxygen atoms in total. The lowest BCUT2D eigenvalue weighted by atomic mass is 10.1. The molecule has 5 rings (SSSR count). The number of anilines is 2. The Morgan fingerprint density at radius 2 is 2.03 bits per heavy atom. The Balaban J connectivity index is 1.31. The lowest BCUT2D eigenvalue weighted by Gasteiger charge is -2.17. The molecule has 1 atom stereocenters. The zero-order chi connectivity index (χ0) is 20.7. The molecule has 1 unspecified atom stereocenters. The van der Waals surface area contributed by atoms with Gasteiger partial charge in [0.2, 0.25) is 11.8 Å². The molecule has 2 aromatic carbocycles. The first-order valence-electron chi connectivity index (χ1n) is 10.1. The van der Waals surface area contributed by atoms with Gasteiger partial charge in [-0.2, -0.15) is 0 Å². The summed E-state index contributed by atoms with van der Waals surface area (Å²) in [5.74, 6) is 0.587. The van der Waals surface area contributed by atoms with E-state index in [0.29, 0.717) is 6.54 Å². The third kappa shape index (κ3) is 3.54. The van der Waals surface area contributed by atoms with Crippen molar-refractivity contribution in [1.82, 2.24) is 9.55 Å². The normalized spacial score (nSPS) is 18.0. The number of rotatable bonds is 4. The van der Waals surface area contributed by atoms with Gasteiger partial charge < -0.3 is 14.8 Å². The van der Waals surface area contributed by atoms with Crippen molar-refractivity contribution in [2.75, 3.05) is 16.8 Å². The average molecular weight is 465 g/mol. The average Bonchev–Trinajstić information content (AvgIpc) is 3.43. The van der Waals surface area contributed by atoms with Crippen LogP contribution in [0.2, 0.25) is 0 Å². The Bertz CT molecular complexity index is 1140. The quantitative estimate of drug-likeness (QED) is 0.627. The number of carbonyl (C=O) groups is 2. The monoisotopic (exact) mass is 464 g/mol. The van der Waals surface area contributed by atoms with Gasteiger partial charge in [-0.1, -0.05) is 34.1 Å². The molecule has 3 heterocycles. The van der Waals surface area contributed by atoms with Gasteiger partial charge >= 0.3 is 0 Å². The van der Waals surface area contributed by atoms with Gasteiger partial charge in [-0.25, -0.2) is 4.98 Å². The predicted octanol–water partition coefficient (Wildman–Crippen LogP) is 4.25. The second-order valence-electron chi connectivity index (χ2n) is 7.77. The van der Waals surface area contributed by atoms with E-state index in [0.717, 1.165) is 52.3 Å². The Morgan fingerprint density at radius 1 is 1.17 bits per heavy atom. The van der Waals surface area contributed by atoms with Crippen molar-refractivity contribution in [2.45, 2.75) is 25.8 Å². The van der Waals surface area contributed by atoms with Crippen LogP contribution in [0.15, 0.2) is 59.2 Å².